The number of aromatic nitrogens is 5. The van der Waals surface area contributed by atoms with Gasteiger partial charge >= 0.3 is 0 Å². The Morgan fingerprint density at radius 3 is 2.83 bits per heavy atom. The number of nitrogens with one attached hydrogen (secondary N) is 1. The normalized spacial score (nSPS) is 12.4. The number of carbonyl (C=O) groups excluding carboxylic acids is 1. The number of amides is 1. The molecular weight excluding hydrogens is 324 g/mol. The SMILES string of the molecule is CC(NC(=O)c1cn2ccsc2n1)c1ccc(-n2cncn2)cc1. The zero-order chi connectivity index (χ0) is 16.5. The van der Waals surface area contributed by atoms with E-state index in [1.807, 2.05) is 47.2 Å². The van der Waals surface area contributed by atoms with E-state index in [1.165, 1.54) is 17.7 Å². The summed E-state index contributed by atoms with van der Waals surface area (Å²) < 4.78 is 3.53. The second kappa shape index (κ2) is 5.89. The van der Waals surface area contributed by atoms with E-state index in [4.69, 9.17) is 0 Å². The van der Waals surface area contributed by atoms with E-state index >= 15 is 0 Å². The van der Waals surface area contributed by atoms with Crippen LogP contribution in [0.4, 0.5) is 0 Å². The van der Waals surface area contributed by atoms with Gasteiger partial charge in [-0.25, -0.2) is 14.6 Å². The molecular formula is C16H14N6OS. The number of fused-ring (bicyclic) bond motifs is 1. The molecule has 7 nitrogen and oxygen atoms in total. The van der Waals surface area contributed by atoms with Crippen molar-refractivity contribution in [3.05, 3.63) is 66.0 Å². The molecule has 0 saturated heterocycles. The maximum Gasteiger partial charge on any atom is 0.272 e. The van der Waals surface area contributed by atoms with E-state index in [0.29, 0.717) is 5.69 Å². The summed E-state index contributed by atoms with van der Waals surface area (Å²) in [6, 6.07) is 7.70. The zero-order valence-electron chi connectivity index (χ0n) is 12.8. The molecule has 8 heteroatoms. The highest BCUT2D eigenvalue weighted by Crippen LogP contribution is 2.17. The minimum absolute atomic E-state index is 0.123. The number of rotatable bonds is 4. The Balaban J connectivity index is 1.48. The van der Waals surface area contributed by atoms with Gasteiger partial charge < -0.3 is 5.32 Å². The predicted molar refractivity (Wildman–Crippen MR) is 90.3 cm³/mol. The molecule has 1 aromatic carbocycles. The summed E-state index contributed by atoms with van der Waals surface area (Å²) >= 11 is 1.50. The number of imidazole rings is 1. The van der Waals surface area contributed by atoms with E-state index < -0.39 is 0 Å². The van der Waals surface area contributed by atoms with Gasteiger partial charge in [0.2, 0.25) is 0 Å². The number of hydrogen-bond donors (Lipinski definition) is 1. The minimum atomic E-state index is -0.182. The number of carbonyl (C=O) groups is 1. The van der Waals surface area contributed by atoms with Crippen LogP contribution in [-0.4, -0.2) is 30.1 Å². The molecule has 1 unspecified atom stereocenters. The number of thiazole rings is 1. The third kappa shape index (κ3) is 2.67. The van der Waals surface area contributed by atoms with E-state index in [0.717, 1.165) is 16.2 Å². The zero-order valence-corrected chi connectivity index (χ0v) is 13.6. The summed E-state index contributed by atoms with van der Waals surface area (Å²) in [5, 5.41) is 9.00. The Labute approximate surface area is 141 Å². The van der Waals surface area contributed by atoms with Gasteiger partial charge in [-0.15, -0.1) is 11.3 Å². The molecule has 0 saturated carbocycles. The summed E-state index contributed by atoms with van der Waals surface area (Å²) in [6.45, 7) is 1.95. The van der Waals surface area contributed by atoms with Gasteiger partial charge in [0, 0.05) is 17.8 Å². The maximum absolute atomic E-state index is 12.3. The predicted octanol–water partition coefficient (Wildman–Crippen LogP) is 2.47. The highest BCUT2D eigenvalue weighted by Gasteiger charge is 2.15. The summed E-state index contributed by atoms with van der Waals surface area (Å²) in [5.74, 6) is -0.182. The van der Waals surface area contributed by atoms with Crippen LogP contribution in [0.15, 0.2) is 54.7 Å². The minimum Gasteiger partial charge on any atom is -0.344 e. The van der Waals surface area contributed by atoms with Crippen LogP contribution in [0.5, 0.6) is 0 Å². The number of nitrogens with zero attached hydrogens (tertiary/aromatic N) is 5. The van der Waals surface area contributed by atoms with E-state index in [1.54, 1.807) is 17.2 Å². The van der Waals surface area contributed by atoms with Crippen molar-refractivity contribution in [1.29, 1.82) is 0 Å². The van der Waals surface area contributed by atoms with Crippen molar-refractivity contribution in [2.24, 2.45) is 0 Å². The molecule has 3 heterocycles. The first kappa shape index (κ1) is 14.6. The van der Waals surface area contributed by atoms with Gasteiger partial charge in [0.25, 0.3) is 5.91 Å². The molecule has 0 spiro atoms. The molecule has 0 bridgehead atoms. The Kier molecular flexibility index (Phi) is 3.58. The lowest BCUT2D eigenvalue weighted by molar-refractivity contribution is 0.0935. The Bertz CT molecular complexity index is 941. The van der Waals surface area contributed by atoms with Gasteiger partial charge in [-0.05, 0) is 24.6 Å². The van der Waals surface area contributed by atoms with Crippen LogP contribution in [0.2, 0.25) is 0 Å². The molecule has 24 heavy (non-hydrogen) atoms. The standard InChI is InChI=1S/C16H14N6OS/c1-11(12-2-4-13(5-3-12)22-10-17-9-18-22)19-15(23)14-8-21-6-7-24-16(21)20-14/h2-11H,1H3,(H,19,23). The van der Waals surface area contributed by atoms with Crippen LogP contribution in [0.1, 0.15) is 29.0 Å². The molecule has 1 N–H and O–H groups in total. The average Bonchev–Trinajstić information content (AvgIpc) is 3.31. The largest absolute Gasteiger partial charge is 0.344 e. The van der Waals surface area contributed by atoms with Gasteiger partial charge in [0.05, 0.1) is 11.7 Å². The van der Waals surface area contributed by atoms with Crippen LogP contribution < -0.4 is 5.32 Å². The fourth-order valence-corrected chi connectivity index (χ4v) is 3.15. The lowest BCUT2D eigenvalue weighted by Crippen LogP contribution is -2.26. The van der Waals surface area contributed by atoms with Gasteiger partial charge in [-0.1, -0.05) is 12.1 Å². The molecule has 0 aliphatic rings. The second-order valence-electron chi connectivity index (χ2n) is 5.35. The lowest BCUT2D eigenvalue weighted by Gasteiger charge is -2.14. The Hall–Kier alpha value is -3.00. The molecule has 4 rings (SSSR count). The summed E-state index contributed by atoms with van der Waals surface area (Å²) in [6.07, 6.45) is 6.76. The first-order valence-corrected chi connectivity index (χ1v) is 8.27. The molecule has 0 aliphatic heterocycles. The van der Waals surface area contributed by atoms with Gasteiger partial charge in [-0.3, -0.25) is 9.20 Å². The van der Waals surface area contributed by atoms with Crippen molar-refractivity contribution >= 4 is 22.2 Å². The smallest absolute Gasteiger partial charge is 0.272 e. The Morgan fingerprint density at radius 1 is 1.29 bits per heavy atom. The number of benzene rings is 1. The number of hydrogen-bond acceptors (Lipinski definition) is 5. The van der Waals surface area contributed by atoms with E-state index in [-0.39, 0.29) is 11.9 Å². The van der Waals surface area contributed by atoms with Crippen molar-refractivity contribution < 1.29 is 4.79 Å². The van der Waals surface area contributed by atoms with Crippen LogP contribution in [0, 0.1) is 0 Å². The van der Waals surface area contributed by atoms with E-state index in [9.17, 15) is 4.79 Å². The third-order valence-electron chi connectivity index (χ3n) is 3.75. The third-order valence-corrected chi connectivity index (χ3v) is 4.52. The van der Waals surface area contributed by atoms with Crippen LogP contribution >= 0.6 is 11.3 Å². The fourth-order valence-electron chi connectivity index (χ4n) is 2.45. The average molecular weight is 338 g/mol. The molecule has 1 atom stereocenters. The summed E-state index contributed by atoms with van der Waals surface area (Å²) in [4.78, 5) is 21.4. The van der Waals surface area contributed by atoms with Gasteiger partial charge in [-0.2, -0.15) is 5.10 Å². The summed E-state index contributed by atoms with van der Waals surface area (Å²) in [7, 11) is 0. The highest BCUT2D eigenvalue weighted by atomic mass is 32.1. The first-order valence-electron chi connectivity index (χ1n) is 7.39. The van der Waals surface area contributed by atoms with Crippen molar-refractivity contribution in [2.45, 2.75) is 13.0 Å². The molecule has 120 valence electrons. The molecule has 0 aliphatic carbocycles. The van der Waals surface area contributed by atoms with E-state index in [2.05, 4.69) is 20.4 Å². The quantitative estimate of drug-likeness (QED) is 0.620. The Morgan fingerprint density at radius 2 is 2.12 bits per heavy atom. The van der Waals surface area contributed by atoms with Gasteiger partial charge in [0.1, 0.15) is 18.3 Å². The molecule has 3 aromatic heterocycles. The van der Waals surface area contributed by atoms with Crippen LogP contribution in [-0.2, 0) is 0 Å². The maximum atomic E-state index is 12.3. The van der Waals surface area contributed by atoms with Crippen LogP contribution in [0.3, 0.4) is 0 Å². The topological polar surface area (TPSA) is 77.1 Å². The molecule has 1 amide bonds. The van der Waals surface area contributed by atoms with Crippen molar-refractivity contribution in [2.75, 3.05) is 0 Å². The molecule has 0 fully saturated rings. The monoisotopic (exact) mass is 338 g/mol. The fraction of sp³-hybridized carbons (Fsp3) is 0.125. The van der Waals surface area contributed by atoms with Crippen molar-refractivity contribution in [3.63, 3.8) is 0 Å². The van der Waals surface area contributed by atoms with Gasteiger partial charge in [0.15, 0.2) is 4.96 Å². The summed E-state index contributed by atoms with van der Waals surface area (Å²) in [5.41, 5.74) is 2.35. The lowest BCUT2D eigenvalue weighted by atomic mass is 10.1. The van der Waals surface area contributed by atoms with Crippen molar-refractivity contribution in [1.82, 2.24) is 29.5 Å². The second-order valence-corrected chi connectivity index (χ2v) is 6.22. The van der Waals surface area contributed by atoms with Crippen molar-refractivity contribution in [3.8, 4) is 5.69 Å². The first-order chi connectivity index (χ1) is 11.7. The molecule has 0 radical (unpaired) electrons. The molecule has 4 aromatic rings. The van der Waals surface area contributed by atoms with Crippen LogP contribution in [0.25, 0.3) is 10.6 Å². The highest BCUT2D eigenvalue weighted by molar-refractivity contribution is 7.15.